The summed E-state index contributed by atoms with van der Waals surface area (Å²) in [7, 11) is 1.48. The van der Waals surface area contributed by atoms with E-state index in [1.54, 1.807) is 0 Å². The number of carbonyl (C=O) groups excluding carboxylic acids is 1. The van der Waals surface area contributed by atoms with Gasteiger partial charge in [-0.05, 0) is 0 Å². The first-order valence-electron chi connectivity index (χ1n) is 6.11. The second-order valence-electron chi connectivity index (χ2n) is 4.16. The monoisotopic (exact) mass is 276 g/mol. The molecular formula is C13H16N4O3. The lowest BCUT2D eigenvalue weighted by molar-refractivity contribution is -0.123. The second kappa shape index (κ2) is 6.78. The molecule has 1 unspecified atom stereocenters. The standard InChI is InChI=1S/C13H16N4O3/c1-19-8-10(14)13(18)15-7-11-16-12(17-20-11)9-5-3-2-4-6-9/h2-6,10H,7-8,14H2,1H3,(H,15,18). The summed E-state index contributed by atoms with van der Waals surface area (Å²) >= 11 is 0. The number of hydrogen-bond donors (Lipinski definition) is 2. The van der Waals surface area contributed by atoms with Gasteiger partial charge in [-0.15, -0.1) is 0 Å². The first-order valence-corrected chi connectivity index (χ1v) is 6.11. The number of rotatable bonds is 6. The molecule has 1 atom stereocenters. The van der Waals surface area contributed by atoms with Gasteiger partial charge in [-0.3, -0.25) is 4.79 Å². The van der Waals surface area contributed by atoms with Gasteiger partial charge in [-0.25, -0.2) is 0 Å². The second-order valence-corrected chi connectivity index (χ2v) is 4.16. The fraction of sp³-hybridized carbons (Fsp3) is 0.308. The maximum Gasteiger partial charge on any atom is 0.246 e. The first-order chi connectivity index (χ1) is 9.70. The van der Waals surface area contributed by atoms with Crippen molar-refractivity contribution >= 4 is 5.91 Å². The highest BCUT2D eigenvalue weighted by Gasteiger charge is 2.14. The van der Waals surface area contributed by atoms with Gasteiger partial charge >= 0.3 is 0 Å². The van der Waals surface area contributed by atoms with Crippen LogP contribution in [-0.2, 0) is 16.1 Å². The molecule has 0 saturated carbocycles. The van der Waals surface area contributed by atoms with Crippen LogP contribution in [0.4, 0.5) is 0 Å². The maximum absolute atomic E-state index is 11.6. The molecule has 0 aliphatic carbocycles. The Kier molecular flexibility index (Phi) is 4.80. The van der Waals surface area contributed by atoms with E-state index >= 15 is 0 Å². The number of aromatic nitrogens is 2. The van der Waals surface area contributed by atoms with E-state index in [4.69, 9.17) is 15.0 Å². The number of hydrogen-bond acceptors (Lipinski definition) is 6. The quantitative estimate of drug-likeness (QED) is 0.788. The van der Waals surface area contributed by atoms with Crippen molar-refractivity contribution in [3.05, 3.63) is 36.2 Å². The molecular weight excluding hydrogens is 260 g/mol. The zero-order valence-corrected chi connectivity index (χ0v) is 11.1. The van der Waals surface area contributed by atoms with Crippen LogP contribution in [-0.4, -0.2) is 35.8 Å². The third-order valence-corrected chi connectivity index (χ3v) is 2.60. The molecule has 106 valence electrons. The molecule has 2 aromatic rings. The summed E-state index contributed by atoms with van der Waals surface area (Å²) in [4.78, 5) is 15.8. The summed E-state index contributed by atoms with van der Waals surface area (Å²) < 4.78 is 9.86. The molecule has 0 saturated heterocycles. The van der Waals surface area contributed by atoms with Gasteiger partial charge in [0.25, 0.3) is 0 Å². The number of amides is 1. The van der Waals surface area contributed by atoms with E-state index in [9.17, 15) is 4.79 Å². The fourth-order valence-corrected chi connectivity index (χ4v) is 1.58. The van der Waals surface area contributed by atoms with E-state index in [-0.39, 0.29) is 19.1 Å². The van der Waals surface area contributed by atoms with Crippen LogP contribution in [0.5, 0.6) is 0 Å². The van der Waals surface area contributed by atoms with Gasteiger partial charge in [-0.2, -0.15) is 4.98 Å². The average molecular weight is 276 g/mol. The van der Waals surface area contributed by atoms with Crippen LogP contribution in [0.25, 0.3) is 11.4 Å². The number of nitrogens with two attached hydrogens (primary N) is 1. The molecule has 1 aromatic carbocycles. The fourth-order valence-electron chi connectivity index (χ4n) is 1.58. The average Bonchev–Trinajstić information content (AvgIpc) is 2.95. The van der Waals surface area contributed by atoms with Crippen LogP contribution in [0.2, 0.25) is 0 Å². The van der Waals surface area contributed by atoms with E-state index in [2.05, 4.69) is 15.5 Å². The van der Waals surface area contributed by atoms with Crippen molar-refractivity contribution in [1.29, 1.82) is 0 Å². The highest BCUT2D eigenvalue weighted by atomic mass is 16.5. The Hall–Kier alpha value is -2.25. The van der Waals surface area contributed by atoms with E-state index in [1.807, 2.05) is 30.3 Å². The highest BCUT2D eigenvalue weighted by Crippen LogP contribution is 2.14. The van der Waals surface area contributed by atoms with E-state index < -0.39 is 6.04 Å². The third kappa shape index (κ3) is 3.62. The van der Waals surface area contributed by atoms with E-state index in [0.717, 1.165) is 5.56 Å². The Balaban J connectivity index is 1.92. The molecule has 7 nitrogen and oxygen atoms in total. The summed E-state index contributed by atoms with van der Waals surface area (Å²) in [5.74, 6) is 0.476. The highest BCUT2D eigenvalue weighted by molar-refractivity contribution is 5.81. The molecule has 0 bridgehead atoms. The van der Waals surface area contributed by atoms with E-state index in [1.165, 1.54) is 7.11 Å². The van der Waals surface area contributed by atoms with Gasteiger partial charge in [-0.1, -0.05) is 35.5 Å². The van der Waals surface area contributed by atoms with Crippen molar-refractivity contribution in [2.45, 2.75) is 12.6 Å². The summed E-state index contributed by atoms with van der Waals surface area (Å²) in [6, 6.07) is 8.72. The van der Waals surface area contributed by atoms with Crippen LogP contribution in [0.1, 0.15) is 5.89 Å². The number of methoxy groups -OCH3 is 1. The zero-order valence-electron chi connectivity index (χ0n) is 11.1. The van der Waals surface area contributed by atoms with Crippen LogP contribution < -0.4 is 11.1 Å². The molecule has 1 aromatic heterocycles. The maximum atomic E-state index is 11.6. The predicted octanol–water partition coefficient (Wildman–Crippen LogP) is 0.327. The molecule has 20 heavy (non-hydrogen) atoms. The Morgan fingerprint density at radius 2 is 2.20 bits per heavy atom. The lowest BCUT2D eigenvalue weighted by atomic mass is 10.2. The number of carbonyl (C=O) groups is 1. The van der Waals surface area contributed by atoms with Gasteiger partial charge in [0.15, 0.2) is 0 Å². The van der Waals surface area contributed by atoms with Crippen LogP contribution in [0, 0.1) is 0 Å². The van der Waals surface area contributed by atoms with Crippen molar-refractivity contribution in [1.82, 2.24) is 15.5 Å². The van der Waals surface area contributed by atoms with Crippen molar-refractivity contribution in [3.8, 4) is 11.4 Å². The Morgan fingerprint density at radius 3 is 2.90 bits per heavy atom. The summed E-state index contributed by atoms with van der Waals surface area (Å²) in [5.41, 5.74) is 6.44. The Morgan fingerprint density at radius 1 is 1.45 bits per heavy atom. The van der Waals surface area contributed by atoms with E-state index in [0.29, 0.717) is 11.7 Å². The largest absolute Gasteiger partial charge is 0.383 e. The van der Waals surface area contributed by atoms with Gasteiger partial charge in [0.05, 0.1) is 13.2 Å². The molecule has 0 radical (unpaired) electrons. The summed E-state index contributed by atoms with van der Waals surface area (Å²) in [5, 5.41) is 6.46. The lowest BCUT2D eigenvalue weighted by Gasteiger charge is -2.09. The van der Waals surface area contributed by atoms with Crippen LogP contribution >= 0.6 is 0 Å². The molecule has 0 aliphatic heterocycles. The lowest BCUT2D eigenvalue weighted by Crippen LogP contribution is -2.43. The minimum absolute atomic E-state index is 0.135. The van der Waals surface area contributed by atoms with Crippen LogP contribution in [0.15, 0.2) is 34.9 Å². The van der Waals surface area contributed by atoms with Crippen molar-refractivity contribution in [2.75, 3.05) is 13.7 Å². The molecule has 1 heterocycles. The predicted molar refractivity (Wildman–Crippen MR) is 71.4 cm³/mol. The minimum Gasteiger partial charge on any atom is -0.383 e. The van der Waals surface area contributed by atoms with Gasteiger partial charge in [0.1, 0.15) is 6.04 Å². The van der Waals surface area contributed by atoms with Crippen molar-refractivity contribution in [3.63, 3.8) is 0 Å². The SMILES string of the molecule is COCC(N)C(=O)NCc1nc(-c2ccccc2)no1. The van der Waals surface area contributed by atoms with Gasteiger partial charge in [0.2, 0.25) is 17.6 Å². The first kappa shape index (κ1) is 14.2. The normalized spacial score (nSPS) is 12.1. The Bertz CT molecular complexity index is 556. The number of nitrogens with one attached hydrogen (secondary N) is 1. The Labute approximate surface area is 116 Å². The topological polar surface area (TPSA) is 103 Å². The number of benzene rings is 1. The molecule has 0 spiro atoms. The molecule has 3 N–H and O–H groups in total. The van der Waals surface area contributed by atoms with Crippen LogP contribution in [0.3, 0.4) is 0 Å². The molecule has 7 heteroatoms. The smallest absolute Gasteiger partial charge is 0.246 e. The summed E-state index contributed by atoms with van der Waals surface area (Å²) in [6.45, 7) is 0.293. The minimum atomic E-state index is -0.712. The van der Waals surface area contributed by atoms with Crippen molar-refractivity contribution in [2.24, 2.45) is 5.73 Å². The molecule has 2 rings (SSSR count). The molecule has 1 amide bonds. The van der Waals surface area contributed by atoms with Crippen molar-refractivity contribution < 1.29 is 14.1 Å². The van der Waals surface area contributed by atoms with Gasteiger partial charge in [0, 0.05) is 12.7 Å². The number of nitrogens with zero attached hydrogens (tertiary/aromatic N) is 2. The molecule has 0 aliphatic rings. The zero-order chi connectivity index (χ0) is 14.4. The molecule has 0 fully saturated rings. The third-order valence-electron chi connectivity index (χ3n) is 2.60. The summed E-state index contributed by atoms with van der Waals surface area (Å²) in [6.07, 6.45) is 0. The number of ether oxygens (including phenoxy) is 1. The van der Waals surface area contributed by atoms with Gasteiger partial charge < -0.3 is 20.3 Å².